The largest absolute Gasteiger partial charge is 0.208 e. The van der Waals surface area contributed by atoms with Gasteiger partial charge in [0.25, 0.3) is 0 Å². The number of benzene rings is 6. The van der Waals surface area contributed by atoms with E-state index in [9.17, 15) is 0 Å². The maximum absolute atomic E-state index is 5.12. The molecule has 0 fully saturated rings. The van der Waals surface area contributed by atoms with Gasteiger partial charge in [-0.05, 0) is 73.9 Å². The summed E-state index contributed by atoms with van der Waals surface area (Å²) in [4.78, 5) is 15.2. The van der Waals surface area contributed by atoms with Gasteiger partial charge in [0.05, 0.1) is 0 Å². The Morgan fingerprint density at radius 1 is 0.375 bits per heavy atom. The average Bonchev–Trinajstić information content (AvgIpc) is 3.13. The molecule has 0 N–H and O–H groups in total. The van der Waals surface area contributed by atoms with Gasteiger partial charge in [-0.15, -0.1) is 0 Å². The van der Waals surface area contributed by atoms with Crippen LogP contribution in [0.3, 0.4) is 0 Å². The van der Waals surface area contributed by atoms with Crippen molar-refractivity contribution >= 4 is 10.8 Å². The molecule has 0 spiro atoms. The number of rotatable bonds is 5. The van der Waals surface area contributed by atoms with E-state index in [0.717, 1.165) is 27.6 Å². The van der Waals surface area contributed by atoms with E-state index in [1.165, 1.54) is 46.0 Å². The molecule has 0 radical (unpaired) electrons. The van der Waals surface area contributed by atoms with Gasteiger partial charge in [-0.3, -0.25) is 0 Å². The summed E-state index contributed by atoms with van der Waals surface area (Å²) in [6, 6.07) is 49.4. The molecule has 3 heteroatoms. The summed E-state index contributed by atoms with van der Waals surface area (Å²) in [5.41, 5.74) is 11.0. The van der Waals surface area contributed by atoms with E-state index in [1.807, 2.05) is 24.3 Å². The molecule has 0 unspecified atom stereocenters. The Balaban J connectivity index is 1.27. The molecule has 8 rings (SSSR count). The van der Waals surface area contributed by atoms with Crippen molar-refractivity contribution in [2.24, 2.45) is 0 Å². The number of hydrogen-bond acceptors (Lipinski definition) is 3. The Morgan fingerprint density at radius 2 is 0.812 bits per heavy atom. The molecule has 48 heavy (non-hydrogen) atoms. The van der Waals surface area contributed by atoms with Crippen molar-refractivity contribution in [1.82, 2.24) is 15.0 Å². The molecule has 1 aromatic heterocycles. The van der Waals surface area contributed by atoms with Crippen LogP contribution in [0.1, 0.15) is 51.7 Å². The van der Waals surface area contributed by atoms with Gasteiger partial charge in [0, 0.05) is 16.7 Å². The second-order valence-corrected chi connectivity index (χ2v) is 14.4. The second kappa shape index (κ2) is 11.7. The topological polar surface area (TPSA) is 38.7 Å². The summed E-state index contributed by atoms with van der Waals surface area (Å²) in [5, 5.41) is 2.32. The fourth-order valence-electron chi connectivity index (χ4n) is 7.29. The number of nitrogens with zero attached hydrogens (tertiary/aromatic N) is 3. The van der Waals surface area contributed by atoms with E-state index in [1.54, 1.807) is 0 Å². The molecule has 3 nitrogen and oxygen atoms in total. The molecule has 1 aliphatic rings. The lowest BCUT2D eigenvalue weighted by Gasteiger charge is -2.42. The van der Waals surface area contributed by atoms with Gasteiger partial charge in [-0.25, -0.2) is 15.0 Å². The maximum atomic E-state index is 5.12. The highest BCUT2D eigenvalue weighted by Gasteiger charge is 2.37. The molecule has 1 aliphatic carbocycles. The summed E-state index contributed by atoms with van der Waals surface area (Å²) in [6.07, 6.45) is 2.40. The van der Waals surface area contributed by atoms with Gasteiger partial charge in [-0.1, -0.05) is 161 Å². The van der Waals surface area contributed by atoms with Gasteiger partial charge < -0.3 is 0 Å². The van der Waals surface area contributed by atoms with Gasteiger partial charge in [-0.2, -0.15) is 0 Å². The van der Waals surface area contributed by atoms with Crippen LogP contribution in [0.2, 0.25) is 0 Å². The third-order valence-electron chi connectivity index (χ3n) is 10.2. The third-order valence-corrected chi connectivity index (χ3v) is 10.2. The fraction of sp³-hybridized carbons (Fsp3) is 0.178. The number of fused-ring (bicyclic) bond motifs is 2. The van der Waals surface area contributed by atoms with Crippen LogP contribution in [-0.4, -0.2) is 15.0 Å². The predicted molar refractivity (Wildman–Crippen MR) is 200 cm³/mol. The lowest BCUT2D eigenvalue weighted by Crippen LogP contribution is -2.33. The van der Waals surface area contributed by atoms with Crippen LogP contribution in [0.25, 0.3) is 67.2 Å². The molecule has 0 atom stereocenters. The maximum Gasteiger partial charge on any atom is 0.164 e. The third kappa shape index (κ3) is 5.40. The first-order chi connectivity index (χ1) is 23.3. The van der Waals surface area contributed by atoms with Crippen LogP contribution in [0.5, 0.6) is 0 Å². The van der Waals surface area contributed by atoms with Crippen molar-refractivity contribution in [3.8, 4) is 56.4 Å². The minimum Gasteiger partial charge on any atom is -0.208 e. The SMILES string of the molecule is CC1(C)CCC(C)(C)c2cc(-c3ccc(-c4nc(-c5ccccc5)nc(-c5ccc(-c6ccccc6)cc5)n4)c4ccccc34)ccc21. The Morgan fingerprint density at radius 3 is 1.46 bits per heavy atom. The van der Waals surface area contributed by atoms with Gasteiger partial charge in [0.15, 0.2) is 17.5 Å². The van der Waals surface area contributed by atoms with Crippen LogP contribution in [0, 0.1) is 0 Å². The molecule has 0 saturated carbocycles. The highest BCUT2D eigenvalue weighted by molar-refractivity contribution is 6.04. The standard InChI is InChI=1S/C45H39N3/c1-44(2)27-28-45(3,4)40-29-34(23-26-39(40)44)35-24-25-38(37-18-12-11-17-36(35)37)43-47-41(32-15-9-6-10-16-32)46-42(48-43)33-21-19-31(20-22-33)30-13-7-5-8-14-30/h5-26,29H,27-28H2,1-4H3. The van der Waals surface area contributed by atoms with Crippen LogP contribution in [0.4, 0.5) is 0 Å². The summed E-state index contributed by atoms with van der Waals surface area (Å²) >= 11 is 0. The smallest absolute Gasteiger partial charge is 0.164 e. The molecule has 7 aromatic rings. The van der Waals surface area contributed by atoms with Crippen LogP contribution in [0.15, 0.2) is 140 Å². The van der Waals surface area contributed by atoms with Gasteiger partial charge >= 0.3 is 0 Å². The van der Waals surface area contributed by atoms with E-state index >= 15 is 0 Å². The van der Waals surface area contributed by atoms with Crippen molar-refractivity contribution in [2.75, 3.05) is 0 Å². The normalized spacial score (nSPS) is 14.8. The van der Waals surface area contributed by atoms with E-state index in [-0.39, 0.29) is 10.8 Å². The van der Waals surface area contributed by atoms with Crippen molar-refractivity contribution in [3.05, 3.63) is 151 Å². The first-order valence-electron chi connectivity index (χ1n) is 16.9. The van der Waals surface area contributed by atoms with E-state index < -0.39 is 0 Å². The molecule has 0 amide bonds. The quantitative estimate of drug-likeness (QED) is 0.192. The molecule has 6 aromatic carbocycles. The van der Waals surface area contributed by atoms with Crippen molar-refractivity contribution in [1.29, 1.82) is 0 Å². The Kier molecular flexibility index (Phi) is 7.29. The van der Waals surface area contributed by atoms with E-state index in [2.05, 4.69) is 143 Å². The Bertz CT molecular complexity index is 2270. The highest BCUT2D eigenvalue weighted by Crippen LogP contribution is 2.47. The fourth-order valence-corrected chi connectivity index (χ4v) is 7.29. The van der Waals surface area contributed by atoms with Gasteiger partial charge in [0.2, 0.25) is 0 Å². The molecule has 0 aliphatic heterocycles. The molecule has 234 valence electrons. The number of aromatic nitrogens is 3. The summed E-state index contributed by atoms with van der Waals surface area (Å²) < 4.78 is 0. The van der Waals surface area contributed by atoms with E-state index in [4.69, 9.17) is 15.0 Å². The zero-order valence-corrected chi connectivity index (χ0v) is 28.0. The van der Waals surface area contributed by atoms with Crippen molar-refractivity contribution in [2.45, 2.75) is 51.4 Å². The van der Waals surface area contributed by atoms with E-state index in [0.29, 0.717) is 17.5 Å². The lowest BCUT2D eigenvalue weighted by atomic mass is 9.63. The molecule has 0 saturated heterocycles. The average molecular weight is 622 g/mol. The minimum atomic E-state index is 0.144. The lowest BCUT2D eigenvalue weighted by molar-refractivity contribution is 0.332. The number of hydrogen-bond donors (Lipinski definition) is 0. The monoisotopic (exact) mass is 621 g/mol. The van der Waals surface area contributed by atoms with Crippen LogP contribution in [-0.2, 0) is 10.8 Å². The predicted octanol–water partition coefficient (Wildman–Crippen LogP) is 11.7. The van der Waals surface area contributed by atoms with Crippen molar-refractivity contribution in [3.63, 3.8) is 0 Å². The summed E-state index contributed by atoms with van der Waals surface area (Å²) in [7, 11) is 0. The van der Waals surface area contributed by atoms with Crippen molar-refractivity contribution < 1.29 is 0 Å². The highest BCUT2D eigenvalue weighted by atomic mass is 15.0. The molecule has 0 bridgehead atoms. The Labute approximate surface area is 283 Å². The van der Waals surface area contributed by atoms with Crippen LogP contribution < -0.4 is 0 Å². The van der Waals surface area contributed by atoms with Gasteiger partial charge in [0.1, 0.15) is 0 Å². The molecular formula is C45H39N3. The minimum absolute atomic E-state index is 0.144. The first-order valence-corrected chi connectivity index (χ1v) is 16.9. The molecular weight excluding hydrogens is 583 g/mol. The zero-order valence-electron chi connectivity index (χ0n) is 28.0. The zero-order chi connectivity index (χ0) is 32.9. The first kappa shape index (κ1) is 30.0. The Hall–Kier alpha value is -5.41. The summed E-state index contributed by atoms with van der Waals surface area (Å²) in [5.74, 6) is 1.99. The summed E-state index contributed by atoms with van der Waals surface area (Å²) in [6.45, 7) is 9.55. The second-order valence-electron chi connectivity index (χ2n) is 14.4. The van der Waals surface area contributed by atoms with Crippen LogP contribution >= 0.6 is 0 Å². The molecule has 1 heterocycles.